The van der Waals surface area contributed by atoms with Gasteiger partial charge >= 0.3 is 6.09 Å². The van der Waals surface area contributed by atoms with E-state index in [4.69, 9.17) is 5.73 Å². The van der Waals surface area contributed by atoms with Gasteiger partial charge in [-0.25, -0.2) is 17.9 Å². The minimum absolute atomic E-state index is 0.0384. The Morgan fingerprint density at radius 1 is 1.39 bits per heavy atom. The largest absolute Gasteiger partial charge is 0.448 e. The van der Waals surface area contributed by atoms with Crippen molar-refractivity contribution in [2.24, 2.45) is 5.73 Å². The van der Waals surface area contributed by atoms with Crippen LogP contribution in [0.2, 0.25) is 0 Å². The Morgan fingerprint density at radius 3 is 2.67 bits per heavy atom. The molecule has 1 rings (SSSR count). The van der Waals surface area contributed by atoms with Crippen molar-refractivity contribution in [3.05, 3.63) is 24.3 Å². The standard InChI is InChI=1S/C10H15N3O4S/c1-12-8-4-2-3-5-9(8)18(15,16)13-6-7-17-10(11)14/h2-5,12-13H,6-7H2,1H3,(H2,11,14). The molecule has 7 nitrogen and oxygen atoms in total. The fraction of sp³-hybridized carbons (Fsp3) is 0.300. The number of hydrogen-bond acceptors (Lipinski definition) is 5. The molecule has 4 N–H and O–H groups in total. The van der Waals surface area contributed by atoms with Crippen molar-refractivity contribution < 1.29 is 17.9 Å². The van der Waals surface area contributed by atoms with Gasteiger partial charge in [-0.2, -0.15) is 0 Å². The number of ether oxygens (including phenoxy) is 1. The van der Waals surface area contributed by atoms with Crippen LogP contribution in [0.15, 0.2) is 29.2 Å². The summed E-state index contributed by atoms with van der Waals surface area (Å²) in [5.41, 5.74) is 5.24. The SMILES string of the molecule is CNc1ccccc1S(=O)(=O)NCCOC(N)=O. The minimum atomic E-state index is -3.65. The zero-order chi connectivity index (χ0) is 13.6. The van der Waals surface area contributed by atoms with Crippen molar-refractivity contribution in [3.8, 4) is 0 Å². The van der Waals surface area contributed by atoms with Gasteiger partial charge in [-0.1, -0.05) is 12.1 Å². The van der Waals surface area contributed by atoms with Gasteiger partial charge in [-0.3, -0.25) is 0 Å². The molecule has 1 amide bonds. The van der Waals surface area contributed by atoms with Crippen LogP contribution >= 0.6 is 0 Å². The number of carbonyl (C=O) groups is 1. The third-order valence-corrected chi connectivity index (χ3v) is 3.60. The molecule has 18 heavy (non-hydrogen) atoms. The molecule has 0 saturated heterocycles. The molecule has 100 valence electrons. The van der Waals surface area contributed by atoms with Crippen LogP contribution in [-0.2, 0) is 14.8 Å². The summed E-state index contributed by atoms with van der Waals surface area (Å²) in [4.78, 5) is 10.4. The maximum absolute atomic E-state index is 11.9. The summed E-state index contributed by atoms with van der Waals surface area (Å²) in [6, 6.07) is 6.47. The molecular formula is C10H15N3O4S. The fourth-order valence-corrected chi connectivity index (χ4v) is 2.54. The molecule has 0 radical (unpaired) electrons. The monoisotopic (exact) mass is 273 g/mol. The molecule has 0 aliphatic heterocycles. The lowest BCUT2D eigenvalue weighted by atomic mass is 10.3. The molecule has 0 spiro atoms. The Hall–Kier alpha value is -1.80. The normalized spacial score (nSPS) is 10.9. The Morgan fingerprint density at radius 2 is 2.06 bits per heavy atom. The van der Waals surface area contributed by atoms with Gasteiger partial charge in [0.05, 0.1) is 5.69 Å². The van der Waals surface area contributed by atoms with E-state index < -0.39 is 16.1 Å². The molecule has 0 heterocycles. The van der Waals surface area contributed by atoms with E-state index >= 15 is 0 Å². The molecule has 0 fully saturated rings. The van der Waals surface area contributed by atoms with Gasteiger partial charge in [-0.05, 0) is 12.1 Å². The highest BCUT2D eigenvalue weighted by Crippen LogP contribution is 2.19. The molecule has 0 aliphatic carbocycles. The second-order valence-corrected chi connectivity index (χ2v) is 5.05. The van der Waals surface area contributed by atoms with E-state index in [0.29, 0.717) is 5.69 Å². The summed E-state index contributed by atoms with van der Waals surface area (Å²) >= 11 is 0. The number of amides is 1. The summed E-state index contributed by atoms with van der Waals surface area (Å²) in [6.07, 6.45) is -0.940. The lowest BCUT2D eigenvalue weighted by Gasteiger charge is -2.10. The average molecular weight is 273 g/mol. The van der Waals surface area contributed by atoms with E-state index in [1.807, 2.05) is 0 Å². The lowest BCUT2D eigenvalue weighted by molar-refractivity contribution is 0.159. The lowest BCUT2D eigenvalue weighted by Crippen LogP contribution is -2.29. The van der Waals surface area contributed by atoms with Crippen LogP contribution in [0, 0.1) is 0 Å². The predicted molar refractivity (Wildman–Crippen MR) is 66.7 cm³/mol. The second-order valence-electron chi connectivity index (χ2n) is 3.31. The third kappa shape index (κ3) is 3.90. The Bertz CT molecular complexity index is 516. The van der Waals surface area contributed by atoms with Crippen LogP contribution in [0.1, 0.15) is 0 Å². The van der Waals surface area contributed by atoms with Gasteiger partial charge in [0.15, 0.2) is 0 Å². The van der Waals surface area contributed by atoms with Crippen molar-refractivity contribution in [2.75, 3.05) is 25.5 Å². The highest BCUT2D eigenvalue weighted by Gasteiger charge is 2.16. The van der Waals surface area contributed by atoms with E-state index in [1.54, 1.807) is 25.2 Å². The predicted octanol–water partition coefficient (Wildman–Crippen LogP) is 0.102. The maximum Gasteiger partial charge on any atom is 0.404 e. The first-order valence-electron chi connectivity index (χ1n) is 5.16. The molecule has 0 bridgehead atoms. The number of primary amides is 1. The Labute approximate surface area is 105 Å². The van der Waals surface area contributed by atoms with E-state index in [9.17, 15) is 13.2 Å². The number of anilines is 1. The first-order valence-corrected chi connectivity index (χ1v) is 6.64. The van der Waals surface area contributed by atoms with Crippen LogP contribution in [0.25, 0.3) is 0 Å². The zero-order valence-corrected chi connectivity index (χ0v) is 10.7. The molecule has 8 heteroatoms. The van der Waals surface area contributed by atoms with Crippen molar-refractivity contribution in [3.63, 3.8) is 0 Å². The Balaban J connectivity index is 2.71. The summed E-state index contributed by atoms with van der Waals surface area (Å²) in [5.74, 6) is 0. The molecule has 1 aromatic carbocycles. The summed E-state index contributed by atoms with van der Waals surface area (Å²) in [5, 5.41) is 2.79. The van der Waals surface area contributed by atoms with Crippen molar-refractivity contribution in [1.82, 2.24) is 4.72 Å². The minimum Gasteiger partial charge on any atom is -0.448 e. The summed E-state index contributed by atoms with van der Waals surface area (Å²) < 4.78 is 30.6. The number of benzene rings is 1. The number of nitrogens with two attached hydrogens (primary N) is 1. The van der Waals surface area contributed by atoms with Crippen LogP contribution in [-0.4, -0.2) is 34.7 Å². The maximum atomic E-state index is 11.9. The molecule has 0 aliphatic rings. The molecule has 1 aromatic rings. The second kappa shape index (κ2) is 6.22. The quantitative estimate of drug-likeness (QED) is 0.637. The first-order chi connectivity index (χ1) is 8.47. The van der Waals surface area contributed by atoms with Gasteiger partial charge in [0, 0.05) is 13.6 Å². The van der Waals surface area contributed by atoms with Gasteiger partial charge in [-0.15, -0.1) is 0 Å². The van der Waals surface area contributed by atoms with Gasteiger partial charge in [0.2, 0.25) is 10.0 Å². The molecule has 0 unspecified atom stereocenters. The van der Waals surface area contributed by atoms with Gasteiger partial charge < -0.3 is 15.8 Å². The Kier molecular flexibility index (Phi) is 4.93. The fourth-order valence-electron chi connectivity index (χ4n) is 1.31. The number of rotatable bonds is 6. The summed E-state index contributed by atoms with van der Waals surface area (Å²) in [6.45, 7) is -0.153. The van der Waals surface area contributed by atoms with Gasteiger partial charge in [0.25, 0.3) is 0 Å². The third-order valence-electron chi connectivity index (χ3n) is 2.08. The van der Waals surface area contributed by atoms with E-state index in [1.165, 1.54) is 6.07 Å². The molecular weight excluding hydrogens is 258 g/mol. The number of hydrogen-bond donors (Lipinski definition) is 3. The van der Waals surface area contributed by atoms with E-state index in [0.717, 1.165) is 0 Å². The van der Waals surface area contributed by atoms with Crippen molar-refractivity contribution in [2.45, 2.75) is 4.90 Å². The van der Waals surface area contributed by atoms with Crippen molar-refractivity contribution >= 4 is 21.8 Å². The van der Waals surface area contributed by atoms with E-state index in [2.05, 4.69) is 14.8 Å². The first kappa shape index (κ1) is 14.3. The number of sulfonamides is 1. The number of para-hydroxylation sites is 1. The highest BCUT2D eigenvalue weighted by molar-refractivity contribution is 7.89. The highest BCUT2D eigenvalue weighted by atomic mass is 32.2. The summed E-state index contributed by atoms with van der Waals surface area (Å²) in [7, 11) is -2.02. The average Bonchev–Trinajstić information content (AvgIpc) is 2.34. The molecule has 0 atom stereocenters. The van der Waals surface area contributed by atoms with Crippen LogP contribution in [0.3, 0.4) is 0 Å². The van der Waals surface area contributed by atoms with Crippen molar-refractivity contribution in [1.29, 1.82) is 0 Å². The van der Waals surface area contributed by atoms with Crippen LogP contribution in [0.4, 0.5) is 10.5 Å². The topological polar surface area (TPSA) is 111 Å². The molecule has 0 aromatic heterocycles. The van der Waals surface area contributed by atoms with Crippen LogP contribution in [0.5, 0.6) is 0 Å². The smallest absolute Gasteiger partial charge is 0.404 e. The molecule has 0 saturated carbocycles. The number of nitrogens with one attached hydrogen (secondary N) is 2. The number of carbonyl (C=O) groups excluding carboxylic acids is 1. The van der Waals surface area contributed by atoms with Crippen LogP contribution < -0.4 is 15.8 Å². The zero-order valence-electron chi connectivity index (χ0n) is 9.84. The van der Waals surface area contributed by atoms with Gasteiger partial charge in [0.1, 0.15) is 11.5 Å². The van der Waals surface area contributed by atoms with E-state index in [-0.39, 0.29) is 18.0 Å².